The Morgan fingerprint density at radius 1 is 0.853 bits per heavy atom. The normalized spacial score (nSPS) is 14.2. The number of carboxylic acids is 1. The van der Waals surface area contributed by atoms with Gasteiger partial charge in [-0.1, -0.05) is 60.7 Å². The van der Waals surface area contributed by atoms with Gasteiger partial charge in [-0.3, -0.25) is 14.4 Å². The molecule has 2 rings (SSSR count). The number of carbonyl (C=O) groups excluding carboxylic acids is 3. The van der Waals surface area contributed by atoms with Gasteiger partial charge in [0.15, 0.2) is 0 Å². The monoisotopic (exact) mass is 470 g/mol. The average Bonchev–Trinajstić information content (AvgIpc) is 2.81. The van der Waals surface area contributed by atoms with Crippen molar-refractivity contribution in [2.75, 3.05) is 6.54 Å². The standard InChI is InChI=1S/C24H30N4O6/c1-15(29)21(23(32)27-19(24(33)34)13-17-10-6-3-7-11-17)28-20(30)14-26-22(31)18(25)12-16-8-4-2-5-9-16/h2-11,15,18-19,21,29H,12-14,25H2,1H3,(H,26,31)(H,27,32)(H,28,30)(H,33,34). The van der Waals surface area contributed by atoms with Crippen molar-refractivity contribution in [3.8, 4) is 0 Å². The lowest BCUT2D eigenvalue weighted by Crippen LogP contribution is -2.57. The van der Waals surface area contributed by atoms with Crippen molar-refractivity contribution in [3.63, 3.8) is 0 Å². The number of amides is 3. The Balaban J connectivity index is 1.89. The van der Waals surface area contributed by atoms with Crippen LogP contribution >= 0.6 is 0 Å². The van der Waals surface area contributed by atoms with Crippen LogP contribution in [0.25, 0.3) is 0 Å². The van der Waals surface area contributed by atoms with E-state index in [0.29, 0.717) is 5.56 Å². The smallest absolute Gasteiger partial charge is 0.326 e. The maximum absolute atomic E-state index is 12.6. The molecule has 0 heterocycles. The summed E-state index contributed by atoms with van der Waals surface area (Å²) in [5.41, 5.74) is 7.44. The molecule has 3 amide bonds. The first-order valence-electron chi connectivity index (χ1n) is 10.8. The van der Waals surface area contributed by atoms with Gasteiger partial charge < -0.3 is 31.9 Å². The lowest BCUT2D eigenvalue weighted by molar-refractivity contribution is -0.142. The van der Waals surface area contributed by atoms with E-state index < -0.39 is 54.5 Å². The van der Waals surface area contributed by atoms with E-state index in [1.54, 1.807) is 30.3 Å². The zero-order chi connectivity index (χ0) is 25.1. The molecule has 10 heteroatoms. The summed E-state index contributed by atoms with van der Waals surface area (Å²) >= 11 is 0. The van der Waals surface area contributed by atoms with Gasteiger partial charge in [0.1, 0.15) is 12.1 Å². The number of carbonyl (C=O) groups is 4. The summed E-state index contributed by atoms with van der Waals surface area (Å²) in [4.78, 5) is 48.7. The van der Waals surface area contributed by atoms with Crippen molar-refractivity contribution < 1.29 is 29.4 Å². The molecule has 2 aromatic rings. The van der Waals surface area contributed by atoms with Gasteiger partial charge in [0.2, 0.25) is 17.7 Å². The molecule has 0 aliphatic carbocycles. The van der Waals surface area contributed by atoms with Crippen LogP contribution in [0.2, 0.25) is 0 Å². The summed E-state index contributed by atoms with van der Waals surface area (Å²) in [5.74, 6) is -3.41. The number of nitrogens with one attached hydrogen (secondary N) is 3. The van der Waals surface area contributed by atoms with Crippen LogP contribution in [0.15, 0.2) is 60.7 Å². The summed E-state index contributed by atoms with van der Waals surface area (Å²) in [5, 5.41) is 26.5. The highest BCUT2D eigenvalue weighted by Crippen LogP contribution is 2.05. The number of aliphatic hydroxyl groups excluding tert-OH is 1. The first kappa shape index (κ1) is 26.5. The largest absolute Gasteiger partial charge is 0.480 e. The molecule has 182 valence electrons. The van der Waals surface area contributed by atoms with E-state index in [9.17, 15) is 29.4 Å². The third kappa shape index (κ3) is 8.64. The van der Waals surface area contributed by atoms with Crippen LogP contribution in [0.4, 0.5) is 0 Å². The van der Waals surface area contributed by atoms with Gasteiger partial charge in [-0.25, -0.2) is 4.79 Å². The molecule has 0 saturated heterocycles. The number of benzene rings is 2. The molecular formula is C24H30N4O6. The zero-order valence-corrected chi connectivity index (χ0v) is 18.8. The summed E-state index contributed by atoms with van der Waals surface area (Å²) < 4.78 is 0. The van der Waals surface area contributed by atoms with E-state index in [-0.39, 0.29) is 12.8 Å². The quantitative estimate of drug-likeness (QED) is 0.239. The number of aliphatic carboxylic acids is 1. The molecule has 0 bridgehead atoms. The fourth-order valence-corrected chi connectivity index (χ4v) is 3.20. The van der Waals surface area contributed by atoms with Crippen molar-refractivity contribution in [1.29, 1.82) is 0 Å². The van der Waals surface area contributed by atoms with Crippen molar-refractivity contribution in [2.45, 2.75) is 44.0 Å². The van der Waals surface area contributed by atoms with Crippen LogP contribution in [0.1, 0.15) is 18.1 Å². The zero-order valence-electron chi connectivity index (χ0n) is 18.8. The van der Waals surface area contributed by atoms with Crippen LogP contribution in [-0.4, -0.2) is 64.7 Å². The Kier molecular flexibility index (Phi) is 10.2. The Hall–Kier alpha value is -3.76. The third-order valence-corrected chi connectivity index (χ3v) is 5.04. The number of nitrogens with two attached hydrogens (primary N) is 1. The third-order valence-electron chi connectivity index (χ3n) is 5.04. The van der Waals surface area contributed by atoms with Gasteiger partial charge in [0, 0.05) is 6.42 Å². The summed E-state index contributed by atoms with van der Waals surface area (Å²) in [7, 11) is 0. The van der Waals surface area contributed by atoms with E-state index in [0.717, 1.165) is 5.56 Å². The molecule has 0 spiro atoms. The molecule has 2 aromatic carbocycles. The van der Waals surface area contributed by atoms with Crippen LogP contribution < -0.4 is 21.7 Å². The van der Waals surface area contributed by atoms with Crippen LogP contribution in [0.5, 0.6) is 0 Å². The molecule has 7 N–H and O–H groups in total. The van der Waals surface area contributed by atoms with Gasteiger partial charge >= 0.3 is 5.97 Å². The highest BCUT2D eigenvalue weighted by Gasteiger charge is 2.30. The van der Waals surface area contributed by atoms with E-state index in [1.165, 1.54) is 6.92 Å². The van der Waals surface area contributed by atoms with Gasteiger partial charge in [0.25, 0.3) is 0 Å². The first-order valence-corrected chi connectivity index (χ1v) is 10.8. The van der Waals surface area contributed by atoms with E-state index in [4.69, 9.17) is 5.73 Å². The van der Waals surface area contributed by atoms with Crippen LogP contribution in [-0.2, 0) is 32.0 Å². The SMILES string of the molecule is CC(O)C(NC(=O)CNC(=O)C(N)Cc1ccccc1)C(=O)NC(Cc1ccccc1)C(=O)O. The molecule has 4 unspecified atom stereocenters. The Labute approximate surface area is 197 Å². The highest BCUT2D eigenvalue weighted by atomic mass is 16.4. The molecule has 0 radical (unpaired) electrons. The van der Waals surface area contributed by atoms with Gasteiger partial charge in [-0.2, -0.15) is 0 Å². The van der Waals surface area contributed by atoms with Crippen molar-refractivity contribution in [1.82, 2.24) is 16.0 Å². The minimum Gasteiger partial charge on any atom is -0.480 e. The molecule has 0 saturated carbocycles. The minimum absolute atomic E-state index is 0.0255. The molecular weight excluding hydrogens is 440 g/mol. The number of rotatable bonds is 12. The van der Waals surface area contributed by atoms with Crippen molar-refractivity contribution >= 4 is 23.7 Å². The molecule has 0 aromatic heterocycles. The minimum atomic E-state index is -1.42. The average molecular weight is 471 g/mol. The van der Waals surface area contributed by atoms with Crippen LogP contribution in [0.3, 0.4) is 0 Å². The number of aliphatic hydroxyl groups is 1. The highest BCUT2D eigenvalue weighted by molar-refractivity contribution is 5.93. The van der Waals surface area contributed by atoms with E-state index in [2.05, 4.69) is 16.0 Å². The summed E-state index contributed by atoms with van der Waals surface area (Å²) in [6.07, 6.45) is -1.01. The molecule has 0 fully saturated rings. The van der Waals surface area contributed by atoms with Crippen molar-refractivity contribution in [3.05, 3.63) is 71.8 Å². The maximum atomic E-state index is 12.6. The fourth-order valence-electron chi connectivity index (χ4n) is 3.20. The van der Waals surface area contributed by atoms with Gasteiger partial charge in [-0.15, -0.1) is 0 Å². The predicted molar refractivity (Wildman–Crippen MR) is 124 cm³/mol. The topological polar surface area (TPSA) is 171 Å². The second-order valence-corrected chi connectivity index (χ2v) is 7.89. The van der Waals surface area contributed by atoms with Gasteiger partial charge in [0.05, 0.1) is 18.7 Å². The van der Waals surface area contributed by atoms with Crippen molar-refractivity contribution in [2.24, 2.45) is 5.73 Å². The fraction of sp³-hybridized carbons (Fsp3) is 0.333. The second kappa shape index (κ2) is 13.1. The van der Waals surface area contributed by atoms with E-state index in [1.807, 2.05) is 30.3 Å². The van der Waals surface area contributed by atoms with Gasteiger partial charge in [-0.05, 0) is 24.5 Å². The molecule has 34 heavy (non-hydrogen) atoms. The molecule has 0 aliphatic rings. The van der Waals surface area contributed by atoms with E-state index >= 15 is 0 Å². The second-order valence-electron chi connectivity index (χ2n) is 7.89. The number of carboxylic acid groups (broad SMARTS) is 1. The number of hydrogen-bond donors (Lipinski definition) is 6. The molecule has 10 nitrogen and oxygen atoms in total. The Bertz CT molecular complexity index is 968. The lowest BCUT2D eigenvalue weighted by atomic mass is 10.0. The predicted octanol–water partition coefficient (Wildman–Crippen LogP) is -0.650. The summed E-state index contributed by atoms with van der Waals surface area (Å²) in [6.45, 7) is 0.816. The maximum Gasteiger partial charge on any atom is 0.326 e. The van der Waals surface area contributed by atoms with Crippen LogP contribution in [0, 0.1) is 0 Å². The first-order chi connectivity index (χ1) is 16.2. The summed E-state index contributed by atoms with van der Waals surface area (Å²) in [6, 6.07) is 14.3. The Morgan fingerprint density at radius 2 is 1.38 bits per heavy atom. The molecule has 4 atom stereocenters. The molecule has 0 aliphatic heterocycles. The number of hydrogen-bond acceptors (Lipinski definition) is 6. The lowest BCUT2D eigenvalue weighted by Gasteiger charge is -2.23. The Morgan fingerprint density at radius 3 is 1.88 bits per heavy atom.